The smallest absolute Gasteiger partial charge is 0.161 e. The molecule has 3 nitrogen and oxygen atoms in total. The van der Waals surface area contributed by atoms with E-state index in [1.54, 1.807) is 26.7 Å². The minimum absolute atomic E-state index is 0.256. The second kappa shape index (κ2) is 5.15. The molecule has 4 heteroatoms. The van der Waals surface area contributed by atoms with E-state index in [4.69, 9.17) is 25.5 Å². The van der Waals surface area contributed by atoms with Gasteiger partial charge in [-0.15, -0.1) is 11.6 Å². The lowest BCUT2D eigenvalue weighted by Gasteiger charge is -2.12. The Morgan fingerprint density at radius 2 is 1.82 bits per heavy atom. The van der Waals surface area contributed by atoms with Gasteiger partial charge in [-0.25, -0.2) is 0 Å². The van der Waals surface area contributed by atoms with Crippen LogP contribution in [0.15, 0.2) is 41.2 Å². The molecule has 17 heavy (non-hydrogen) atoms. The predicted molar refractivity (Wildman–Crippen MR) is 66.0 cm³/mol. The molecule has 2 rings (SSSR count). The number of benzene rings is 1. The maximum atomic E-state index is 6.34. The fourth-order valence-electron chi connectivity index (χ4n) is 1.62. The van der Waals surface area contributed by atoms with Crippen LogP contribution >= 0.6 is 11.6 Å². The van der Waals surface area contributed by atoms with Gasteiger partial charge in [0.1, 0.15) is 0 Å². The first-order valence-electron chi connectivity index (χ1n) is 5.14. The van der Waals surface area contributed by atoms with Crippen LogP contribution in [0.3, 0.4) is 0 Å². The third-order valence-electron chi connectivity index (χ3n) is 2.54. The second-order valence-corrected chi connectivity index (χ2v) is 3.97. The van der Waals surface area contributed by atoms with E-state index in [9.17, 15) is 0 Å². The Labute approximate surface area is 105 Å². The molecule has 0 fully saturated rings. The minimum Gasteiger partial charge on any atom is -0.493 e. The molecule has 0 aliphatic carbocycles. The summed E-state index contributed by atoms with van der Waals surface area (Å²) >= 11 is 6.34. The number of alkyl halides is 1. The molecule has 0 spiro atoms. The fourth-order valence-corrected chi connectivity index (χ4v) is 1.88. The molecule has 0 saturated heterocycles. The molecule has 1 aromatic heterocycles. The van der Waals surface area contributed by atoms with Crippen LogP contribution in [-0.4, -0.2) is 14.2 Å². The Morgan fingerprint density at radius 1 is 1.06 bits per heavy atom. The number of hydrogen-bond acceptors (Lipinski definition) is 3. The Kier molecular flexibility index (Phi) is 3.59. The molecular weight excluding hydrogens is 240 g/mol. The highest BCUT2D eigenvalue weighted by molar-refractivity contribution is 6.22. The third kappa shape index (κ3) is 2.39. The lowest BCUT2D eigenvalue weighted by atomic mass is 10.1. The van der Waals surface area contributed by atoms with E-state index < -0.39 is 0 Å². The van der Waals surface area contributed by atoms with Crippen LogP contribution < -0.4 is 9.47 Å². The van der Waals surface area contributed by atoms with Crippen molar-refractivity contribution < 1.29 is 13.9 Å². The largest absolute Gasteiger partial charge is 0.493 e. The third-order valence-corrected chi connectivity index (χ3v) is 3.04. The van der Waals surface area contributed by atoms with Gasteiger partial charge in [0.25, 0.3) is 0 Å². The molecule has 0 saturated carbocycles. The summed E-state index contributed by atoms with van der Waals surface area (Å²) < 4.78 is 15.4. The number of halogens is 1. The van der Waals surface area contributed by atoms with E-state index in [-0.39, 0.29) is 5.38 Å². The molecule has 0 aliphatic rings. The molecule has 0 N–H and O–H groups in total. The Balaban J connectivity index is 2.33. The highest BCUT2D eigenvalue weighted by atomic mass is 35.5. The van der Waals surface area contributed by atoms with Gasteiger partial charge in [0.2, 0.25) is 0 Å². The average molecular weight is 253 g/mol. The van der Waals surface area contributed by atoms with Gasteiger partial charge in [0, 0.05) is 5.56 Å². The predicted octanol–water partition coefficient (Wildman–Crippen LogP) is 3.63. The van der Waals surface area contributed by atoms with Crippen LogP contribution in [0.25, 0.3) is 0 Å². The molecule has 1 unspecified atom stereocenters. The normalized spacial score (nSPS) is 12.2. The molecule has 1 aromatic carbocycles. The molecule has 1 heterocycles. The first-order valence-corrected chi connectivity index (χ1v) is 5.58. The van der Waals surface area contributed by atoms with Crippen molar-refractivity contribution in [3.05, 3.63) is 47.9 Å². The summed E-state index contributed by atoms with van der Waals surface area (Å²) in [5, 5.41) is -0.256. The molecule has 0 radical (unpaired) electrons. The molecule has 0 aliphatic heterocycles. The Bertz CT molecular complexity index is 479. The summed E-state index contributed by atoms with van der Waals surface area (Å²) in [6, 6.07) is 7.45. The van der Waals surface area contributed by atoms with Gasteiger partial charge in [0.15, 0.2) is 11.5 Å². The van der Waals surface area contributed by atoms with Crippen molar-refractivity contribution in [3.63, 3.8) is 0 Å². The minimum atomic E-state index is -0.256. The maximum Gasteiger partial charge on any atom is 0.161 e. The van der Waals surface area contributed by atoms with E-state index in [1.165, 1.54) is 0 Å². The van der Waals surface area contributed by atoms with E-state index in [0.717, 1.165) is 11.1 Å². The van der Waals surface area contributed by atoms with Crippen LogP contribution in [-0.2, 0) is 0 Å². The van der Waals surface area contributed by atoms with E-state index in [2.05, 4.69) is 0 Å². The van der Waals surface area contributed by atoms with Crippen molar-refractivity contribution in [1.82, 2.24) is 0 Å². The van der Waals surface area contributed by atoms with Gasteiger partial charge >= 0.3 is 0 Å². The van der Waals surface area contributed by atoms with Crippen molar-refractivity contribution >= 4 is 11.6 Å². The Hall–Kier alpha value is -1.61. The molecule has 90 valence electrons. The lowest BCUT2D eigenvalue weighted by Crippen LogP contribution is -1.95. The van der Waals surface area contributed by atoms with Crippen LogP contribution in [0.2, 0.25) is 0 Å². The molecular formula is C13H13ClO3. The van der Waals surface area contributed by atoms with Crippen molar-refractivity contribution in [2.24, 2.45) is 0 Å². The van der Waals surface area contributed by atoms with Crippen LogP contribution in [0.5, 0.6) is 11.5 Å². The summed E-state index contributed by atoms with van der Waals surface area (Å²) in [6.45, 7) is 0. The summed E-state index contributed by atoms with van der Waals surface area (Å²) in [5.74, 6) is 1.35. The Morgan fingerprint density at radius 3 is 2.41 bits per heavy atom. The first-order chi connectivity index (χ1) is 8.26. The highest BCUT2D eigenvalue weighted by Gasteiger charge is 2.14. The summed E-state index contributed by atoms with van der Waals surface area (Å²) in [6.07, 6.45) is 3.24. The van der Waals surface area contributed by atoms with Gasteiger partial charge < -0.3 is 13.9 Å². The van der Waals surface area contributed by atoms with E-state index in [0.29, 0.717) is 11.5 Å². The highest BCUT2D eigenvalue weighted by Crippen LogP contribution is 2.35. The van der Waals surface area contributed by atoms with Crippen LogP contribution in [0, 0.1) is 0 Å². The van der Waals surface area contributed by atoms with Gasteiger partial charge in [-0.2, -0.15) is 0 Å². The number of methoxy groups -OCH3 is 2. The summed E-state index contributed by atoms with van der Waals surface area (Å²) in [7, 11) is 3.20. The maximum absolute atomic E-state index is 6.34. The lowest BCUT2D eigenvalue weighted by molar-refractivity contribution is 0.354. The van der Waals surface area contributed by atoms with Crippen molar-refractivity contribution in [2.45, 2.75) is 5.38 Å². The molecule has 0 bridgehead atoms. The SMILES string of the molecule is COc1ccc(C(Cl)c2ccoc2)cc1OC. The zero-order chi connectivity index (χ0) is 12.3. The topological polar surface area (TPSA) is 31.6 Å². The molecule has 2 aromatic rings. The number of hydrogen-bond donors (Lipinski definition) is 0. The van der Waals surface area contributed by atoms with Crippen molar-refractivity contribution in [1.29, 1.82) is 0 Å². The first kappa shape index (κ1) is 11.9. The number of rotatable bonds is 4. The molecule has 1 atom stereocenters. The van der Waals surface area contributed by atoms with Crippen molar-refractivity contribution in [3.8, 4) is 11.5 Å². The average Bonchev–Trinajstić information content (AvgIpc) is 2.90. The quantitative estimate of drug-likeness (QED) is 0.779. The zero-order valence-corrected chi connectivity index (χ0v) is 10.4. The van der Waals surface area contributed by atoms with Crippen LogP contribution in [0.4, 0.5) is 0 Å². The summed E-state index contributed by atoms with van der Waals surface area (Å²) in [4.78, 5) is 0. The fraction of sp³-hybridized carbons (Fsp3) is 0.231. The van der Waals surface area contributed by atoms with Crippen LogP contribution in [0.1, 0.15) is 16.5 Å². The van der Waals surface area contributed by atoms with Gasteiger partial charge in [-0.3, -0.25) is 0 Å². The van der Waals surface area contributed by atoms with Gasteiger partial charge in [-0.05, 0) is 23.8 Å². The number of ether oxygens (including phenoxy) is 2. The second-order valence-electron chi connectivity index (χ2n) is 3.53. The zero-order valence-electron chi connectivity index (χ0n) is 9.64. The number of furan rings is 1. The summed E-state index contributed by atoms with van der Waals surface area (Å²) in [5.41, 5.74) is 1.85. The standard InChI is InChI=1S/C13H13ClO3/c1-15-11-4-3-9(7-12(11)16-2)13(14)10-5-6-17-8-10/h3-8,13H,1-2H3. The van der Waals surface area contributed by atoms with Crippen molar-refractivity contribution in [2.75, 3.05) is 14.2 Å². The van der Waals surface area contributed by atoms with E-state index in [1.807, 2.05) is 24.3 Å². The van der Waals surface area contributed by atoms with E-state index >= 15 is 0 Å². The molecule has 0 amide bonds. The van der Waals surface area contributed by atoms with Gasteiger partial charge in [0.05, 0.1) is 32.1 Å². The monoisotopic (exact) mass is 252 g/mol. The van der Waals surface area contributed by atoms with Gasteiger partial charge in [-0.1, -0.05) is 6.07 Å².